The van der Waals surface area contributed by atoms with E-state index in [1.807, 2.05) is 42.5 Å². The van der Waals surface area contributed by atoms with Gasteiger partial charge in [-0.15, -0.1) is 0 Å². The van der Waals surface area contributed by atoms with Crippen LogP contribution < -0.4 is 19.8 Å². The van der Waals surface area contributed by atoms with Crippen LogP contribution in [0.25, 0.3) is 0 Å². The molecule has 0 amide bonds. The highest BCUT2D eigenvalue weighted by atomic mass is 16.5. The molecule has 3 aromatic rings. The van der Waals surface area contributed by atoms with Gasteiger partial charge in [-0.05, 0) is 49.1 Å². The number of rotatable bonds is 9. The fourth-order valence-corrected chi connectivity index (χ4v) is 3.38. The monoisotopic (exact) mass is 433 g/mol. The Morgan fingerprint density at radius 3 is 2.78 bits per heavy atom. The summed E-state index contributed by atoms with van der Waals surface area (Å²) in [6.45, 7) is 2.26. The van der Waals surface area contributed by atoms with E-state index in [0.717, 1.165) is 42.9 Å². The van der Waals surface area contributed by atoms with Gasteiger partial charge in [-0.3, -0.25) is 4.98 Å². The van der Waals surface area contributed by atoms with Gasteiger partial charge < -0.3 is 14.4 Å². The first kappa shape index (κ1) is 21.5. The fraction of sp³-hybridized carbons (Fsp3) is 0.348. The van der Waals surface area contributed by atoms with Crippen molar-refractivity contribution in [3.05, 3.63) is 59.9 Å². The minimum absolute atomic E-state index is 0.274. The minimum Gasteiger partial charge on any atom is -0.497 e. The van der Waals surface area contributed by atoms with Crippen molar-refractivity contribution in [1.29, 1.82) is 0 Å². The number of nitrogens with one attached hydrogen (secondary N) is 1. The first-order valence-corrected chi connectivity index (χ1v) is 10.8. The molecule has 3 heterocycles. The van der Waals surface area contributed by atoms with Crippen molar-refractivity contribution in [2.45, 2.75) is 25.7 Å². The SMILES string of the molecule is COc1cccc(/C=N/Nc2nc(OCCc3ccccn3)nc(N3CCCCC3)n2)c1. The van der Waals surface area contributed by atoms with E-state index in [9.17, 15) is 0 Å². The second-order valence-corrected chi connectivity index (χ2v) is 7.36. The maximum atomic E-state index is 5.84. The fourth-order valence-electron chi connectivity index (χ4n) is 3.38. The molecule has 0 saturated carbocycles. The van der Waals surface area contributed by atoms with Crippen molar-refractivity contribution < 1.29 is 9.47 Å². The van der Waals surface area contributed by atoms with Crippen LogP contribution in [0.2, 0.25) is 0 Å². The number of nitrogens with zero attached hydrogens (tertiary/aromatic N) is 6. The molecule has 0 aliphatic carbocycles. The predicted molar refractivity (Wildman–Crippen MR) is 124 cm³/mol. The number of aromatic nitrogens is 4. The van der Waals surface area contributed by atoms with Crippen molar-refractivity contribution in [2.75, 3.05) is 37.1 Å². The van der Waals surface area contributed by atoms with E-state index in [-0.39, 0.29) is 6.01 Å². The Hall–Kier alpha value is -3.75. The molecular formula is C23H27N7O2. The normalized spacial score (nSPS) is 13.8. The molecule has 0 atom stereocenters. The van der Waals surface area contributed by atoms with Gasteiger partial charge >= 0.3 is 6.01 Å². The average Bonchev–Trinajstić information content (AvgIpc) is 2.85. The first-order chi connectivity index (χ1) is 15.8. The molecule has 9 nitrogen and oxygen atoms in total. The standard InChI is InChI=1S/C23H27N7O2/c1-31-20-10-7-8-18(16-20)17-25-29-21-26-22(30-13-5-2-6-14-30)28-23(27-21)32-15-11-19-9-3-4-12-24-19/h3-4,7-10,12,16-17H,2,5-6,11,13-15H2,1H3,(H,26,27,28,29)/b25-17+. The van der Waals surface area contributed by atoms with E-state index < -0.39 is 0 Å². The van der Waals surface area contributed by atoms with Crippen molar-refractivity contribution >= 4 is 18.1 Å². The predicted octanol–water partition coefficient (Wildman–Crippen LogP) is 3.33. The number of hydrogen-bond acceptors (Lipinski definition) is 9. The Balaban J connectivity index is 1.46. The maximum Gasteiger partial charge on any atom is 0.323 e. The molecule has 0 spiro atoms. The third-order valence-electron chi connectivity index (χ3n) is 5.03. The smallest absolute Gasteiger partial charge is 0.323 e. The topological polar surface area (TPSA) is 97.6 Å². The molecule has 0 bridgehead atoms. The van der Waals surface area contributed by atoms with Gasteiger partial charge in [0, 0.05) is 31.4 Å². The quantitative estimate of drug-likeness (QED) is 0.405. The number of hydrogen-bond donors (Lipinski definition) is 1. The summed E-state index contributed by atoms with van der Waals surface area (Å²) in [5.74, 6) is 1.71. The van der Waals surface area contributed by atoms with Crippen LogP contribution >= 0.6 is 0 Å². The molecule has 9 heteroatoms. The highest BCUT2D eigenvalue weighted by molar-refractivity contribution is 5.80. The molecule has 0 unspecified atom stereocenters. The second-order valence-electron chi connectivity index (χ2n) is 7.36. The summed E-state index contributed by atoms with van der Waals surface area (Å²) in [5.41, 5.74) is 4.76. The zero-order valence-electron chi connectivity index (χ0n) is 18.1. The molecular weight excluding hydrogens is 406 g/mol. The Morgan fingerprint density at radius 1 is 1.06 bits per heavy atom. The summed E-state index contributed by atoms with van der Waals surface area (Å²) >= 11 is 0. The largest absolute Gasteiger partial charge is 0.497 e. The molecule has 0 radical (unpaired) electrons. The molecule has 2 aromatic heterocycles. The molecule has 166 valence electrons. The summed E-state index contributed by atoms with van der Waals surface area (Å²) in [5, 5.41) is 4.28. The van der Waals surface area contributed by atoms with E-state index in [1.165, 1.54) is 6.42 Å². The lowest BCUT2D eigenvalue weighted by molar-refractivity contribution is 0.294. The number of pyridine rings is 1. The maximum absolute atomic E-state index is 5.84. The molecule has 1 aliphatic rings. The highest BCUT2D eigenvalue weighted by Gasteiger charge is 2.17. The Morgan fingerprint density at radius 2 is 1.97 bits per heavy atom. The van der Waals surface area contributed by atoms with Crippen LogP contribution in [-0.4, -0.2) is 53.0 Å². The van der Waals surface area contributed by atoms with Gasteiger partial charge in [0.2, 0.25) is 5.95 Å². The minimum atomic E-state index is 0.274. The molecule has 1 saturated heterocycles. The van der Waals surface area contributed by atoms with Gasteiger partial charge in [-0.25, -0.2) is 5.43 Å². The summed E-state index contributed by atoms with van der Waals surface area (Å²) < 4.78 is 11.1. The van der Waals surface area contributed by atoms with Crippen molar-refractivity contribution in [3.8, 4) is 11.8 Å². The first-order valence-electron chi connectivity index (χ1n) is 10.8. The summed E-state index contributed by atoms with van der Waals surface area (Å²) in [6, 6.07) is 13.7. The van der Waals surface area contributed by atoms with E-state index in [0.29, 0.717) is 24.9 Å². The van der Waals surface area contributed by atoms with E-state index in [2.05, 4.69) is 35.4 Å². The molecule has 1 aliphatic heterocycles. The van der Waals surface area contributed by atoms with Crippen molar-refractivity contribution in [2.24, 2.45) is 5.10 Å². The van der Waals surface area contributed by atoms with E-state index in [4.69, 9.17) is 9.47 Å². The number of piperidine rings is 1. The average molecular weight is 434 g/mol. The number of hydrazone groups is 1. The van der Waals surface area contributed by atoms with E-state index >= 15 is 0 Å². The number of ether oxygens (including phenoxy) is 2. The Bertz CT molecular complexity index is 1020. The lowest BCUT2D eigenvalue weighted by Crippen LogP contribution is -2.31. The lowest BCUT2D eigenvalue weighted by Gasteiger charge is -2.26. The van der Waals surface area contributed by atoms with Crippen molar-refractivity contribution in [3.63, 3.8) is 0 Å². The van der Waals surface area contributed by atoms with Crippen LogP contribution in [0.1, 0.15) is 30.5 Å². The van der Waals surface area contributed by atoms with E-state index in [1.54, 1.807) is 19.5 Å². The van der Waals surface area contributed by atoms with Crippen LogP contribution in [0.4, 0.5) is 11.9 Å². The van der Waals surface area contributed by atoms with Crippen LogP contribution in [0, 0.1) is 0 Å². The molecule has 4 rings (SSSR count). The summed E-state index contributed by atoms with van der Waals surface area (Å²) in [6.07, 6.45) is 7.60. The molecule has 1 N–H and O–H groups in total. The second kappa shape index (κ2) is 11.0. The van der Waals surface area contributed by atoms with Crippen LogP contribution in [0.15, 0.2) is 53.8 Å². The summed E-state index contributed by atoms with van der Waals surface area (Å²) in [7, 11) is 1.64. The molecule has 1 aromatic carbocycles. The third kappa shape index (κ3) is 6.13. The third-order valence-corrected chi connectivity index (χ3v) is 5.03. The summed E-state index contributed by atoms with van der Waals surface area (Å²) in [4.78, 5) is 19.9. The number of methoxy groups -OCH3 is 1. The van der Waals surface area contributed by atoms with Gasteiger partial charge in [0.15, 0.2) is 0 Å². The number of benzene rings is 1. The molecule has 32 heavy (non-hydrogen) atoms. The highest BCUT2D eigenvalue weighted by Crippen LogP contribution is 2.19. The van der Waals surface area contributed by atoms with Gasteiger partial charge in [-0.1, -0.05) is 18.2 Å². The van der Waals surface area contributed by atoms with Crippen molar-refractivity contribution in [1.82, 2.24) is 19.9 Å². The number of anilines is 2. The van der Waals surface area contributed by atoms with Crippen LogP contribution in [-0.2, 0) is 6.42 Å². The van der Waals surface area contributed by atoms with Gasteiger partial charge in [0.05, 0.1) is 19.9 Å². The van der Waals surface area contributed by atoms with Gasteiger partial charge in [0.1, 0.15) is 5.75 Å². The Kier molecular flexibility index (Phi) is 7.41. The van der Waals surface area contributed by atoms with Gasteiger partial charge in [0.25, 0.3) is 5.95 Å². The zero-order valence-corrected chi connectivity index (χ0v) is 18.1. The lowest BCUT2D eigenvalue weighted by atomic mass is 10.1. The van der Waals surface area contributed by atoms with Crippen LogP contribution in [0.3, 0.4) is 0 Å². The molecule has 1 fully saturated rings. The zero-order chi connectivity index (χ0) is 22.0. The van der Waals surface area contributed by atoms with Crippen LogP contribution in [0.5, 0.6) is 11.8 Å². The van der Waals surface area contributed by atoms with Gasteiger partial charge in [-0.2, -0.15) is 20.1 Å². The Labute approximate surface area is 187 Å².